The molecule has 2 aromatic carbocycles. The van der Waals surface area contributed by atoms with Crippen molar-refractivity contribution in [3.8, 4) is 11.5 Å². The molecule has 0 fully saturated rings. The van der Waals surface area contributed by atoms with Crippen LogP contribution in [0.1, 0.15) is 37.8 Å². The number of phenolic OH excluding ortho intramolecular Hbond substituents is 2. The Kier molecular flexibility index (Phi) is 5.45. The number of hydrogen-bond donors (Lipinski definition) is 2. The molecule has 0 aromatic heterocycles. The maximum Gasteiger partial charge on any atom is 0.115 e. The van der Waals surface area contributed by atoms with E-state index in [2.05, 4.69) is 13.8 Å². The number of phenols is 2. The Hall–Kier alpha value is -2.00. The molecule has 2 rings (SSSR count). The third-order valence-electron chi connectivity index (χ3n) is 4.04. The second-order valence-corrected chi connectivity index (χ2v) is 5.83. The molecule has 0 aliphatic heterocycles. The van der Waals surface area contributed by atoms with Crippen molar-refractivity contribution in [2.45, 2.75) is 32.1 Å². The van der Waals surface area contributed by atoms with E-state index in [-0.39, 0.29) is 16.9 Å². The van der Waals surface area contributed by atoms with E-state index in [4.69, 9.17) is 4.74 Å². The lowest BCUT2D eigenvalue weighted by Crippen LogP contribution is -2.30. The predicted octanol–water partition coefficient (Wildman–Crippen LogP) is 4.22. The molecule has 3 nitrogen and oxygen atoms in total. The number of benzene rings is 2. The highest BCUT2D eigenvalue weighted by molar-refractivity contribution is 5.42. The number of ether oxygens (including phenoxy) is 1. The van der Waals surface area contributed by atoms with E-state index in [0.29, 0.717) is 6.61 Å². The first kappa shape index (κ1) is 16.4. The molecule has 118 valence electrons. The van der Waals surface area contributed by atoms with Crippen molar-refractivity contribution in [1.82, 2.24) is 0 Å². The van der Waals surface area contributed by atoms with Crippen molar-refractivity contribution in [1.29, 1.82) is 0 Å². The van der Waals surface area contributed by atoms with Crippen molar-refractivity contribution in [2.75, 3.05) is 13.2 Å². The van der Waals surface area contributed by atoms with Gasteiger partial charge in [-0.1, -0.05) is 37.6 Å². The molecule has 0 bridgehead atoms. The van der Waals surface area contributed by atoms with Crippen molar-refractivity contribution in [3.05, 3.63) is 59.7 Å². The van der Waals surface area contributed by atoms with Gasteiger partial charge in [0, 0.05) is 12.0 Å². The maximum absolute atomic E-state index is 9.51. The standard InChI is InChI=1S/C19H24O3/c1-3-4-13-22-14-19(2,15-5-9-17(20)10-6-15)16-7-11-18(21)12-8-16/h5-12,20-21H,3-4,13-14H2,1-2H3. The largest absolute Gasteiger partial charge is 0.508 e. The van der Waals surface area contributed by atoms with Gasteiger partial charge in [-0.2, -0.15) is 0 Å². The zero-order valence-corrected chi connectivity index (χ0v) is 13.2. The smallest absolute Gasteiger partial charge is 0.115 e. The van der Waals surface area contributed by atoms with Gasteiger partial charge in [0.15, 0.2) is 0 Å². The summed E-state index contributed by atoms with van der Waals surface area (Å²) in [6.45, 7) is 5.56. The van der Waals surface area contributed by atoms with Crippen molar-refractivity contribution >= 4 is 0 Å². The van der Waals surface area contributed by atoms with Crippen molar-refractivity contribution in [2.24, 2.45) is 0 Å². The van der Waals surface area contributed by atoms with Crippen LogP contribution >= 0.6 is 0 Å². The summed E-state index contributed by atoms with van der Waals surface area (Å²) in [4.78, 5) is 0. The summed E-state index contributed by atoms with van der Waals surface area (Å²) < 4.78 is 5.88. The number of unbranched alkanes of at least 4 members (excludes halogenated alkanes) is 1. The number of hydrogen-bond acceptors (Lipinski definition) is 3. The van der Waals surface area contributed by atoms with Gasteiger partial charge in [0.05, 0.1) is 6.61 Å². The van der Waals surface area contributed by atoms with E-state index in [0.717, 1.165) is 30.6 Å². The van der Waals surface area contributed by atoms with Crippen LogP contribution in [0.25, 0.3) is 0 Å². The molecule has 22 heavy (non-hydrogen) atoms. The lowest BCUT2D eigenvalue weighted by Gasteiger charge is -2.31. The molecule has 2 aromatic rings. The molecule has 0 spiro atoms. The third kappa shape index (κ3) is 3.80. The Morgan fingerprint density at radius 2 is 1.32 bits per heavy atom. The second-order valence-electron chi connectivity index (χ2n) is 5.83. The third-order valence-corrected chi connectivity index (χ3v) is 4.04. The monoisotopic (exact) mass is 300 g/mol. The first-order chi connectivity index (χ1) is 10.6. The Morgan fingerprint density at radius 1 is 0.864 bits per heavy atom. The van der Waals surface area contributed by atoms with E-state index in [1.807, 2.05) is 24.3 Å². The lowest BCUT2D eigenvalue weighted by molar-refractivity contribution is 0.0990. The van der Waals surface area contributed by atoms with E-state index in [9.17, 15) is 10.2 Å². The maximum atomic E-state index is 9.51. The summed E-state index contributed by atoms with van der Waals surface area (Å²) in [5.74, 6) is 0.507. The summed E-state index contributed by atoms with van der Waals surface area (Å²) in [5, 5.41) is 19.0. The summed E-state index contributed by atoms with van der Waals surface area (Å²) in [7, 11) is 0. The highest BCUT2D eigenvalue weighted by Crippen LogP contribution is 2.34. The molecule has 0 atom stereocenters. The quantitative estimate of drug-likeness (QED) is 0.753. The molecule has 0 aliphatic rings. The van der Waals surface area contributed by atoms with E-state index in [1.165, 1.54) is 0 Å². The normalized spacial score (nSPS) is 11.5. The molecule has 0 saturated heterocycles. The van der Waals surface area contributed by atoms with Gasteiger partial charge >= 0.3 is 0 Å². The molecule has 0 radical (unpaired) electrons. The summed E-state index contributed by atoms with van der Waals surface area (Å²) in [5.41, 5.74) is 1.83. The minimum absolute atomic E-state index is 0.253. The van der Waals surface area contributed by atoms with Crippen LogP contribution in [0, 0.1) is 0 Å². The zero-order chi connectivity index (χ0) is 16.0. The predicted molar refractivity (Wildman–Crippen MR) is 88.4 cm³/mol. The summed E-state index contributed by atoms with van der Waals surface area (Å²) >= 11 is 0. The van der Waals surface area contributed by atoms with Crippen LogP contribution in [0.5, 0.6) is 11.5 Å². The molecule has 2 N–H and O–H groups in total. The second kappa shape index (κ2) is 7.32. The SMILES string of the molecule is CCCCOCC(C)(c1ccc(O)cc1)c1ccc(O)cc1. The van der Waals surface area contributed by atoms with E-state index < -0.39 is 0 Å². The Labute approximate surface area is 132 Å². The van der Waals surface area contributed by atoms with Crippen molar-refractivity contribution in [3.63, 3.8) is 0 Å². The molecule has 0 amide bonds. The molecule has 0 unspecified atom stereocenters. The summed E-state index contributed by atoms with van der Waals surface area (Å²) in [6.07, 6.45) is 2.15. The summed E-state index contributed by atoms with van der Waals surface area (Å²) in [6, 6.07) is 14.5. The topological polar surface area (TPSA) is 49.7 Å². The highest BCUT2D eigenvalue weighted by atomic mass is 16.5. The van der Waals surface area contributed by atoms with Gasteiger partial charge in [-0.25, -0.2) is 0 Å². The molecule has 0 saturated carbocycles. The fraction of sp³-hybridized carbons (Fsp3) is 0.368. The molecule has 0 heterocycles. The fourth-order valence-corrected chi connectivity index (χ4v) is 2.51. The van der Waals surface area contributed by atoms with E-state index in [1.54, 1.807) is 24.3 Å². The average Bonchev–Trinajstić information content (AvgIpc) is 2.52. The van der Waals surface area contributed by atoms with Gasteiger partial charge in [-0.3, -0.25) is 0 Å². The minimum Gasteiger partial charge on any atom is -0.508 e. The fourth-order valence-electron chi connectivity index (χ4n) is 2.51. The number of rotatable bonds is 7. The van der Waals surface area contributed by atoms with Crippen LogP contribution in [0.2, 0.25) is 0 Å². The highest BCUT2D eigenvalue weighted by Gasteiger charge is 2.29. The van der Waals surface area contributed by atoms with Crippen LogP contribution in [-0.2, 0) is 10.2 Å². The van der Waals surface area contributed by atoms with E-state index >= 15 is 0 Å². The number of aromatic hydroxyl groups is 2. The lowest BCUT2D eigenvalue weighted by atomic mass is 9.77. The Bertz CT molecular complexity index is 527. The Morgan fingerprint density at radius 3 is 1.73 bits per heavy atom. The molecular weight excluding hydrogens is 276 g/mol. The van der Waals surface area contributed by atoms with Crippen LogP contribution in [0.3, 0.4) is 0 Å². The first-order valence-corrected chi connectivity index (χ1v) is 7.73. The van der Waals surface area contributed by atoms with Gasteiger partial charge < -0.3 is 14.9 Å². The average molecular weight is 300 g/mol. The zero-order valence-electron chi connectivity index (χ0n) is 13.2. The molecular formula is C19H24O3. The minimum atomic E-state index is -0.324. The molecule has 0 aliphatic carbocycles. The van der Waals surface area contributed by atoms with Gasteiger partial charge in [0.25, 0.3) is 0 Å². The van der Waals surface area contributed by atoms with Crippen LogP contribution < -0.4 is 0 Å². The molecule has 3 heteroatoms. The first-order valence-electron chi connectivity index (χ1n) is 7.73. The van der Waals surface area contributed by atoms with Gasteiger partial charge in [-0.15, -0.1) is 0 Å². The van der Waals surface area contributed by atoms with Gasteiger partial charge in [0.1, 0.15) is 11.5 Å². The Balaban J connectivity index is 2.30. The van der Waals surface area contributed by atoms with Crippen LogP contribution in [0.4, 0.5) is 0 Å². The van der Waals surface area contributed by atoms with Crippen LogP contribution in [0.15, 0.2) is 48.5 Å². The van der Waals surface area contributed by atoms with Crippen LogP contribution in [-0.4, -0.2) is 23.4 Å². The van der Waals surface area contributed by atoms with Gasteiger partial charge in [-0.05, 0) is 48.7 Å². The van der Waals surface area contributed by atoms with Gasteiger partial charge in [0.2, 0.25) is 0 Å². The van der Waals surface area contributed by atoms with Crippen molar-refractivity contribution < 1.29 is 14.9 Å².